The number of nitrogens with zero attached hydrogens (tertiary/aromatic N) is 3. The molecule has 26 heavy (non-hydrogen) atoms. The SMILES string of the molecule is CCN(Cc1ccc(Br)s1)C(=O)CSc1nnc(-c2cccc(C)c2)o1. The van der Waals surface area contributed by atoms with Crippen LogP contribution in [0.5, 0.6) is 0 Å². The third-order valence-electron chi connectivity index (χ3n) is 3.70. The third-order valence-corrected chi connectivity index (χ3v) is 6.11. The van der Waals surface area contributed by atoms with E-state index in [9.17, 15) is 4.79 Å². The quantitative estimate of drug-likeness (QED) is 0.472. The number of amides is 1. The molecule has 136 valence electrons. The standard InChI is InChI=1S/C18H18BrN3O2S2/c1-3-22(10-14-7-8-15(19)26-14)16(23)11-25-18-21-20-17(24-18)13-6-4-5-12(2)9-13/h4-9H,3,10-11H2,1-2H3. The molecule has 5 nitrogen and oxygen atoms in total. The summed E-state index contributed by atoms with van der Waals surface area (Å²) < 4.78 is 6.75. The molecule has 2 aromatic heterocycles. The maximum absolute atomic E-state index is 12.5. The smallest absolute Gasteiger partial charge is 0.277 e. The first-order valence-electron chi connectivity index (χ1n) is 8.10. The first-order valence-corrected chi connectivity index (χ1v) is 10.7. The second-order valence-corrected chi connectivity index (χ2v) is 9.12. The average molecular weight is 452 g/mol. The molecule has 8 heteroatoms. The molecule has 0 aliphatic heterocycles. The van der Waals surface area contributed by atoms with Crippen LogP contribution in [0.2, 0.25) is 0 Å². The number of benzene rings is 1. The van der Waals surface area contributed by atoms with E-state index in [-0.39, 0.29) is 11.7 Å². The molecule has 0 N–H and O–H groups in total. The Kier molecular flexibility index (Phi) is 6.50. The van der Waals surface area contributed by atoms with Crippen molar-refractivity contribution in [1.82, 2.24) is 15.1 Å². The summed E-state index contributed by atoms with van der Waals surface area (Å²) in [5.74, 6) is 0.798. The Morgan fingerprint density at radius 2 is 2.15 bits per heavy atom. The van der Waals surface area contributed by atoms with Gasteiger partial charge >= 0.3 is 0 Å². The largest absolute Gasteiger partial charge is 0.411 e. The highest BCUT2D eigenvalue weighted by molar-refractivity contribution is 9.11. The highest BCUT2D eigenvalue weighted by Crippen LogP contribution is 2.25. The van der Waals surface area contributed by atoms with E-state index in [0.29, 0.717) is 24.2 Å². The van der Waals surface area contributed by atoms with Crippen molar-refractivity contribution in [3.63, 3.8) is 0 Å². The van der Waals surface area contributed by atoms with Gasteiger partial charge in [0.25, 0.3) is 5.22 Å². The Labute approximate surface area is 168 Å². The van der Waals surface area contributed by atoms with Gasteiger partial charge < -0.3 is 9.32 Å². The van der Waals surface area contributed by atoms with Gasteiger partial charge in [-0.3, -0.25) is 4.79 Å². The lowest BCUT2D eigenvalue weighted by Gasteiger charge is -2.19. The lowest BCUT2D eigenvalue weighted by Crippen LogP contribution is -2.31. The van der Waals surface area contributed by atoms with Crippen molar-refractivity contribution in [3.8, 4) is 11.5 Å². The van der Waals surface area contributed by atoms with Crippen LogP contribution < -0.4 is 0 Å². The van der Waals surface area contributed by atoms with Gasteiger partial charge in [0.2, 0.25) is 11.8 Å². The molecular formula is C18H18BrN3O2S2. The van der Waals surface area contributed by atoms with Crippen LogP contribution >= 0.6 is 39.0 Å². The normalized spacial score (nSPS) is 10.9. The molecule has 0 atom stereocenters. The molecule has 0 fully saturated rings. The molecule has 2 heterocycles. The molecule has 0 saturated heterocycles. The first-order chi connectivity index (χ1) is 12.5. The molecule has 0 spiro atoms. The topological polar surface area (TPSA) is 59.2 Å². The van der Waals surface area contributed by atoms with Gasteiger partial charge in [0.05, 0.1) is 16.1 Å². The molecule has 0 bridgehead atoms. The number of aryl methyl sites for hydroxylation is 1. The van der Waals surface area contributed by atoms with E-state index in [1.165, 1.54) is 11.8 Å². The van der Waals surface area contributed by atoms with Crippen LogP contribution in [0.3, 0.4) is 0 Å². The molecule has 0 aliphatic rings. The summed E-state index contributed by atoms with van der Waals surface area (Å²) in [5, 5.41) is 8.52. The van der Waals surface area contributed by atoms with E-state index in [2.05, 4.69) is 26.1 Å². The maximum Gasteiger partial charge on any atom is 0.277 e. The summed E-state index contributed by atoms with van der Waals surface area (Å²) in [6.07, 6.45) is 0. The van der Waals surface area contributed by atoms with Crippen molar-refractivity contribution in [1.29, 1.82) is 0 Å². The van der Waals surface area contributed by atoms with Gasteiger partial charge in [0.1, 0.15) is 0 Å². The lowest BCUT2D eigenvalue weighted by atomic mass is 10.1. The van der Waals surface area contributed by atoms with Crippen molar-refractivity contribution < 1.29 is 9.21 Å². The second kappa shape index (κ2) is 8.83. The average Bonchev–Trinajstić information content (AvgIpc) is 3.26. The number of hydrogen-bond donors (Lipinski definition) is 0. The van der Waals surface area contributed by atoms with Crippen molar-refractivity contribution in [2.45, 2.75) is 25.6 Å². The minimum Gasteiger partial charge on any atom is -0.411 e. The zero-order valence-electron chi connectivity index (χ0n) is 14.4. The Morgan fingerprint density at radius 1 is 1.31 bits per heavy atom. The Morgan fingerprint density at radius 3 is 2.85 bits per heavy atom. The van der Waals surface area contributed by atoms with Crippen LogP contribution in [-0.2, 0) is 11.3 Å². The minimum atomic E-state index is 0.0531. The highest BCUT2D eigenvalue weighted by Gasteiger charge is 2.16. The van der Waals surface area contributed by atoms with Gasteiger partial charge in [0, 0.05) is 17.0 Å². The van der Waals surface area contributed by atoms with Gasteiger partial charge in [-0.05, 0) is 54.0 Å². The van der Waals surface area contributed by atoms with Gasteiger partial charge in [-0.25, -0.2) is 0 Å². The Hall–Kier alpha value is -1.64. The zero-order chi connectivity index (χ0) is 18.5. The van der Waals surface area contributed by atoms with Crippen LogP contribution in [0.25, 0.3) is 11.5 Å². The van der Waals surface area contributed by atoms with Crippen molar-refractivity contribution >= 4 is 44.9 Å². The first kappa shape index (κ1) is 19.1. The molecule has 1 aromatic carbocycles. The highest BCUT2D eigenvalue weighted by atomic mass is 79.9. The molecule has 0 saturated carbocycles. The van der Waals surface area contributed by atoms with Gasteiger partial charge in [0.15, 0.2) is 0 Å². The van der Waals surface area contributed by atoms with E-state index in [4.69, 9.17) is 4.42 Å². The van der Waals surface area contributed by atoms with Crippen molar-refractivity contribution in [3.05, 3.63) is 50.6 Å². The summed E-state index contributed by atoms with van der Waals surface area (Å²) in [7, 11) is 0. The second-order valence-electron chi connectivity index (χ2n) is 5.65. The summed E-state index contributed by atoms with van der Waals surface area (Å²) in [4.78, 5) is 15.5. The fourth-order valence-electron chi connectivity index (χ4n) is 2.38. The number of rotatable bonds is 7. The fourth-order valence-corrected chi connectivity index (χ4v) is 4.54. The van der Waals surface area contributed by atoms with Gasteiger partial charge in [-0.2, -0.15) is 0 Å². The summed E-state index contributed by atoms with van der Waals surface area (Å²) in [6, 6.07) is 11.9. The molecule has 1 amide bonds. The number of thiophene rings is 1. The van der Waals surface area contributed by atoms with Crippen molar-refractivity contribution in [2.24, 2.45) is 0 Å². The van der Waals surface area contributed by atoms with Crippen LogP contribution in [0.15, 0.2) is 49.8 Å². The van der Waals surface area contributed by atoms with E-state index in [1.54, 1.807) is 11.3 Å². The third kappa shape index (κ3) is 4.96. The van der Waals surface area contributed by atoms with E-state index < -0.39 is 0 Å². The molecular weight excluding hydrogens is 434 g/mol. The van der Waals surface area contributed by atoms with Crippen molar-refractivity contribution in [2.75, 3.05) is 12.3 Å². The van der Waals surface area contributed by atoms with Crippen LogP contribution in [0, 0.1) is 6.92 Å². The van der Waals surface area contributed by atoms with Crippen LogP contribution in [-0.4, -0.2) is 33.3 Å². The molecule has 3 aromatic rings. The zero-order valence-corrected chi connectivity index (χ0v) is 17.7. The van der Waals surface area contributed by atoms with Gasteiger partial charge in [-0.15, -0.1) is 21.5 Å². The number of aromatic nitrogens is 2. The molecule has 3 rings (SSSR count). The maximum atomic E-state index is 12.5. The molecule has 0 aliphatic carbocycles. The predicted molar refractivity (Wildman–Crippen MR) is 108 cm³/mol. The summed E-state index contributed by atoms with van der Waals surface area (Å²) >= 11 is 6.36. The molecule has 0 unspecified atom stereocenters. The Bertz CT molecular complexity index is 894. The number of thioether (sulfide) groups is 1. The number of carbonyl (C=O) groups is 1. The van der Waals surface area contributed by atoms with Gasteiger partial charge in [-0.1, -0.05) is 29.5 Å². The summed E-state index contributed by atoms with van der Waals surface area (Å²) in [6.45, 7) is 5.27. The fraction of sp³-hybridized carbons (Fsp3) is 0.278. The lowest BCUT2D eigenvalue weighted by molar-refractivity contribution is -0.128. The number of halogens is 1. The van der Waals surface area contributed by atoms with E-state index >= 15 is 0 Å². The van der Waals surface area contributed by atoms with E-state index in [0.717, 1.165) is 19.8 Å². The number of carbonyl (C=O) groups excluding carboxylic acids is 1. The number of hydrogen-bond acceptors (Lipinski definition) is 6. The van der Waals surface area contributed by atoms with Crippen LogP contribution in [0.4, 0.5) is 0 Å². The Balaban J connectivity index is 1.58. The molecule has 0 radical (unpaired) electrons. The van der Waals surface area contributed by atoms with E-state index in [1.807, 2.05) is 55.1 Å². The minimum absolute atomic E-state index is 0.0531. The predicted octanol–water partition coefficient (Wildman–Crippen LogP) is 5.01. The van der Waals surface area contributed by atoms with Crippen LogP contribution in [0.1, 0.15) is 17.4 Å². The summed E-state index contributed by atoms with van der Waals surface area (Å²) in [5.41, 5.74) is 2.01. The monoisotopic (exact) mass is 451 g/mol.